The third kappa shape index (κ3) is 4.18. The Bertz CT molecular complexity index is 437. The highest BCUT2D eigenvalue weighted by atomic mass is 32.1. The molecule has 0 aliphatic carbocycles. The summed E-state index contributed by atoms with van der Waals surface area (Å²) in [5, 5.41) is 15.1. The predicted molar refractivity (Wildman–Crippen MR) is 68.7 cm³/mol. The highest BCUT2D eigenvalue weighted by Crippen LogP contribution is 2.22. The fourth-order valence-electron chi connectivity index (χ4n) is 1.49. The predicted octanol–water partition coefficient (Wildman–Crippen LogP) is 1.35. The number of nitriles is 1. The highest BCUT2D eigenvalue weighted by Gasteiger charge is 2.19. The van der Waals surface area contributed by atoms with E-state index in [1.807, 2.05) is 24.4 Å². The van der Waals surface area contributed by atoms with Gasteiger partial charge in [-0.3, -0.25) is 9.59 Å². The normalized spacial score (nSPS) is 11.3. The first-order chi connectivity index (χ1) is 8.69. The van der Waals surface area contributed by atoms with Crippen molar-refractivity contribution in [3.8, 4) is 6.07 Å². The lowest BCUT2D eigenvalue weighted by Gasteiger charge is -2.16. The second-order valence-electron chi connectivity index (χ2n) is 3.67. The number of hydrogen-bond donors (Lipinski definition) is 2. The van der Waals surface area contributed by atoms with Crippen molar-refractivity contribution >= 4 is 23.2 Å². The Labute approximate surface area is 110 Å². The van der Waals surface area contributed by atoms with E-state index in [-0.39, 0.29) is 12.6 Å². The quantitative estimate of drug-likeness (QED) is 0.622. The summed E-state index contributed by atoms with van der Waals surface area (Å²) in [6, 6.07) is 5.44. The number of nitrogens with zero attached hydrogens (tertiary/aromatic N) is 1. The van der Waals surface area contributed by atoms with Crippen molar-refractivity contribution in [1.29, 1.82) is 5.26 Å². The molecule has 0 aliphatic heterocycles. The van der Waals surface area contributed by atoms with Crippen molar-refractivity contribution in [1.82, 2.24) is 10.6 Å². The molecule has 2 amide bonds. The molecule has 0 fully saturated rings. The zero-order chi connectivity index (χ0) is 13.4. The van der Waals surface area contributed by atoms with Crippen molar-refractivity contribution in [2.45, 2.75) is 25.8 Å². The van der Waals surface area contributed by atoms with Gasteiger partial charge in [-0.15, -0.1) is 11.3 Å². The number of rotatable bonds is 5. The molecule has 1 unspecified atom stereocenters. The van der Waals surface area contributed by atoms with Gasteiger partial charge in [0.2, 0.25) is 0 Å². The molecule has 6 heteroatoms. The van der Waals surface area contributed by atoms with Crippen molar-refractivity contribution in [2.75, 3.05) is 6.54 Å². The van der Waals surface area contributed by atoms with E-state index in [4.69, 9.17) is 5.26 Å². The van der Waals surface area contributed by atoms with Crippen LogP contribution in [0.15, 0.2) is 17.5 Å². The third-order valence-electron chi connectivity index (χ3n) is 2.30. The summed E-state index contributed by atoms with van der Waals surface area (Å²) in [5.74, 6) is -1.47. The maximum Gasteiger partial charge on any atom is 0.310 e. The molecule has 0 saturated heterocycles. The average Bonchev–Trinajstić information content (AvgIpc) is 2.89. The third-order valence-corrected chi connectivity index (χ3v) is 3.29. The van der Waals surface area contributed by atoms with Crippen LogP contribution in [-0.2, 0) is 9.59 Å². The molecule has 18 heavy (non-hydrogen) atoms. The van der Waals surface area contributed by atoms with Crippen LogP contribution in [0.25, 0.3) is 0 Å². The van der Waals surface area contributed by atoms with Crippen LogP contribution in [0.3, 0.4) is 0 Å². The molecule has 1 atom stereocenters. The molecule has 0 saturated carbocycles. The largest absolute Gasteiger partial charge is 0.340 e. The van der Waals surface area contributed by atoms with Gasteiger partial charge in [0.1, 0.15) is 6.54 Å². The minimum absolute atomic E-state index is 0.143. The first-order valence-electron chi connectivity index (χ1n) is 5.68. The zero-order valence-corrected chi connectivity index (χ0v) is 10.9. The lowest BCUT2D eigenvalue weighted by molar-refractivity contribution is -0.139. The van der Waals surface area contributed by atoms with E-state index in [2.05, 4.69) is 10.6 Å². The van der Waals surface area contributed by atoms with Crippen LogP contribution in [0.4, 0.5) is 0 Å². The summed E-state index contributed by atoms with van der Waals surface area (Å²) >= 11 is 1.54. The van der Waals surface area contributed by atoms with E-state index in [0.29, 0.717) is 0 Å². The molecule has 96 valence electrons. The van der Waals surface area contributed by atoms with Crippen LogP contribution in [0.2, 0.25) is 0 Å². The number of carbonyl (C=O) groups is 2. The summed E-state index contributed by atoms with van der Waals surface area (Å²) in [6.45, 7) is 1.85. The van der Waals surface area contributed by atoms with E-state index in [0.717, 1.165) is 17.7 Å². The monoisotopic (exact) mass is 265 g/mol. The van der Waals surface area contributed by atoms with Crippen molar-refractivity contribution in [3.63, 3.8) is 0 Å². The summed E-state index contributed by atoms with van der Waals surface area (Å²) in [4.78, 5) is 24.0. The second kappa shape index (κ2) is 7.45. The van der Waals surface area contributed by atoms with Gasteiger partial charge >= 0.3 is 11.8 Å². The average molecular weight is 265 g/mol. The van der Waals surface area contributed by atoms with Gasteiger partial charge in [-0.2, -0.15) is 5.26 Å². The summed E-state index contributed by atoms with van der Waals surface area (Å²) in [5.41, 5.74) is 0. The number of nitrogens with one attached hydrogen (secondary N) is 2. The number of thiophene rings is 1. The second-order valence-corrected chi connectivity index (χ2v) is 4.65. The molecule has 2 N–H and O–H groups in total. The lowest BCUT2D eigenvalue weighted by Crippen LogP contribution is -2.41. The van der Waals surface area contributed by atoms with Gasteiger partial charge in [0, 0.05) is 4.88 Å². The van der Waals surface area contributed by atoms with E-state index in [1.54, 1.807) is 17.4 Å². The molecule has 1 heterocycles. The van der Waals surface area contributed by atoms with E-state index in [9.17, 15) is 9.59 Å². The van der Waals surface area contributed by atoms with Gasteiger partial charge in [-0.05, 0) is 17.9 Å². The van der Waals surface area contributed by atoms with Crippen molar-refractivity contribution in [3.05, 3.63) is 22.4 Å². The van der Waals surface area contributed by atoms with Gasteiger partial charge in [0.25, 0.3) is 0 Å². The topological polar surface area (TPSA) is 82.0 Å². The lowest BCUT2D eigenvalue weighted by atomic mass is 10.1. The van der Waals surface area contributed by atoms with Crippen LogP contribution in [-0.4, -0.2) is 18.4 Å². The Kier molecular flexibility index (Phi) is 5.88. The standard InChI is InChI=1S/C12H15N3O2S/c1-2-4-9(10-5-3-8-18-10)15-12(17)11(16)14-7-6-13/h3,5,8-9H,2,4,7H2,1H3,(H,14,16)(H,15,17). The molecule has 0 bridgehead atoms. The van der Waals surface area contributed by atoms with Crippen LogP contribution < -0.4 is 10.6 Å². The van der Waals surface area contributed by atoms with Gasteiger partial charge < -0.3 is 10.6 Å². The van der Waals surface area contributed by atoms with E-state index in [1.165, 1.54) is 0 Å². The number of amides is 2. The minimum atomic E-state index is -0.769. The molecule has 0 radical (unpaired) electrons. The zero-order valence-electron chi connectivity index (χ0n) is 10.1. The molecule has 0 spiro atoms. The van der Waals surface area contributed by atoms with Crippen LogP contribution in [0.5, 0.6) is 0 Å². The molecule has 5 nitrogen and oxygen atoms in total. The molecule has 0 aliphatic rings. The smallest absolute Gasteiger partial charge is 0.310 e. The summed E-state index contributed by atoms with van der Waals surface area (Å²) < 4.78 is 0. The van der Waals surface area contributed by atoms with Crippen molar-refractivity contribution in [2.24, 2.45) is 0 Å². The summed E-state index contributed by atoms with van der Waals surface area (Å²) in [6.07, 6.45) is 1.68. The Morgan fingerprint density at radius 2 is 2.28 bits per heavy atom. The van der Waals surface area contributed by atoms with Gasteiger partial charge in [-0.25, -0.2) is 0 Å². The van der Waals surface area contributed by atoms with Crippen LogP contribution in [0, 0.1) is 11.3 Å². The summed E-state index contributed by atoms with van der Waals surface area (Å²) in [7, 11) is 0. The Morgan fingerprint density at radius 3 is 2.83 bits per heavy atom. The molecule has 1 aromatic heterocycles. The maximum atomic E-state index is 11.6. The van der Waals surface area contributed by atoms with Crippen LogP contribution >= 0.6 is 11.3 Å². The Balaban J connectivity index is 2.59. The van der Waals surface area contributed by atoms with Gasteiger partial charge in [0.15, 0.2) is 0 Å². The highest BCUT2D eigenvalue weighted by molar-refractivity contribution is 7.10. The van der Waals surface area contributed by atoms with Gasteiger partial charge in [0.05, 0.1) is 12.1 Å². The first-order valence-corrected chi connectivity index (χ1v) is 6.56. The fraction of sp³-hybridized carbons (Fsp3) is 0.417. The number of carbonyl (C=O) groups excluding carboxylic acids is 2. The Morgan fingerprint density at radius 1 is 1.50 bits per heavy atom. The SMILES string of the molecule is CCCC(NC(=O)C(=O)NCC#N)c1cccs1. The molecule has 0 aromatic carbocycles. The van der Waals surface area contributed by atoms with Gasteiger partial charge in [-0.1, -0.05) is 19.4 Å². The first kappa shape index (κ1) is 14.2. The molecular weight excluding hydrogens is 250 g/mol. The molecular formula is C12H15N3O2S. The van der Waals surface area contributed by atoms with E-state index < -0.39 is 11.8 Å². The minimum Gasteiger partial charge on any atom is -0.340 e. The van der Waals surface area contributed by atoms with E-state index >= 15 is 0 Å². The Hall–Kier alpha value is -1.87. The maximum absolute atomic E-state index is 11.6. The fourth-order valence-corrected chi connectivity index (χ4v) is 2.30. The molecule has 1 aromatic rings. The molecule has 1 rings (SSSR count). The van der Waals surface area contributed by atoms with Crippen molar-refractivity contribution < 1.29 is 9.59 Å². The number of hydrogen-bond acceptors (Lipinski definition) is 4. The van der Waals surface area contributed by atoms with Crippen LogP contribution in [0.1, 0.15) is 30.7 Å².